The third-order valence-corrected chi connectivity index (χ3v) is 4.87. The van der Waals surface area contributed by atoms with Crippen molar-refractivity contribution in [2.24, 2.45) is 16.7 Å². The van der Waals surface area contributed by atoms with Gasteiger partial charge in [0.2, 0.25) is 0 Å². The minimum absolute atomic E-state index is 0.0375. The van der Waals surface area contributed by atoms with E-state index in [0.29, 0.717) is 12.8 Å². The van der Waals surface area contributed by atoms with E-state index in [1.807, 2.05) is 18.2 Å². The predicted octanol–water partition coefficient (Wildman–Crippen LogP) is 2.34. The van der Waals surface area contributed by atoms with E-state index in [9.17, 15) is 14.9 Å². The van der Waals surface area contributed by atoms with E-state index >= 15 is 0 Å². The smallest absolute Gasteiger partial charge is 0.165 e. The molecule has 3 heteroatoms. The number of ketones is 2. The lowest BCUT2D eigenvalue weighted by molar-refractivity contribution is -0.132. The highest BCUT2D eigenvalue weighted by Crippen LogP contribution is 2.63. The Morgan fingerprint density at radius 1 is 1.56 bits per heavy atom. The van der Waals surface area contributed by atoms with Crippen LogP contribution in [0.2, 0.25) is 0 Å². The molecule has 0 aromatic carbocycles. The summed E-state index contributed by atoms with van der Waals surface area (Å²) in [4.78, 5) is 24.8. The van der Waals surface area contributed by atoms with E-state index in [1.54, 1.807) is 6.92 Å². The molecule has 0 N–H and O–H groups in total. The van der Waals surface area contributed by atoms with Gasteiger partial charge in [0.25, 0.3) is 0 Å². The lowest BCUT2D eigenvalue weighted by Crippen LogP contribution is -2.37. The van der Waals surface area contributed by atoms with Crippen molar-refractivity contribution in [2.45, 2.75) is 32.6 Å². The molecule has 1 saturated carbocycles. The average molecular weight is 241 g/mol. The first-order valence-corrected chi connectivity index (χ1v) is 6.44. The second kappa shape index (κ2) is 3.41. The van der Waals surface area contributed by atoms with Gasteiger partial charge in [-0.2, -0.15) is 5.26 Å². The molecule has 3 atom stereocenters. The third kappa shape index (κ3) is 1.00. The lowest BCUT2D eigenvalue weighted by atomic mass is 9.65. The lowest BCUT2D eigenvalue weighted by Gasteiger charge is -2.35. The molecule has 1 fully saturated rings. The molecule has 3 aliphatic carbocycles. The van der Waals surface area contributed by atoms with E-state index < -0.39 is 16.7 Å². The van der Waals surface area contributed by atoms with Crippen molar-refractivity contribution >= 4 is 11.6 Å². The highest BCUT2D eigenvalue weighted by atomic mass is 16.1. The highest BCUT2D eigenvalue weighted by molar-refractivity contribution is 6.07. The first kappa shape index (κ1) is 11.4. The highest BCUT2D eigenvalue weighted by Gasteiger charge is 2.67. The van der Waals surface area contributed by atoms with E-state index in [2.05, 4.69) is 6.07 Å². The Morgan fingerprint density at radius 3 is 3.00 bits per heavy atom. The average Bonchev–Trinajstić information content (AvgIpc) is 2.51. The number of allylic oxidation sites excluding steroid dienone is 4. The Hall–Kier alpha value is -1.69. The van der Waals surface area contributed by atoms with Crippen LogP contribution in [0.3, 0.4) is 0 Å². The standard InChI is InChI=1S/C15H15NO2/c1-10(17)15-8-3-2-6-12(15)14(9-16)7-4-5-11(15)13(14)18/h4-6,11H,2-3,7-8H2,1H3/t11?,14-,15-/m0/s1. The Balaban J connectivity index is 2.33. The quantitative estimate of drug-likeness (QED) is 0.662. The minimum atomic E-state index is -1.05. The summed E-state index contributed by atoms with van der Waals surface area (Å²) < 4.78 is 0. The maximum Gasteiger partial charge on any atom is 0.165 e. The number of carbonyl (C=O) groups excluding carboxylic acids is 2. The number of nitriles is 1. The fourth-order valence-electron chi connectivity index (χ4n) is 4.03. The SMILES string of the molecule is CC(=O)[C@]12CCCC=C1[C@@]1(C#N)CC=CC2C1=O. The summed E-state index contributed by atoms with van der Waals surface area (Å²) in [6, 6.07) is 2.22. The number of carbonyl (C=O) groups is 2. The van der Waals surface area contributed by atoms with Crippen LogP contribution < -0.4 is 0 Å². The van der Waals surface area contributed by atoms with Crippen molar-refractivity contribution in [3.05, 3.63) is 23.8 Å². The fraction of sp³-hybridized carbons (Fsp3) is 0.533. The van der Waals surface area contributed by atoms with E-state index in [0.717, 1.165) is 18.4 Å². The van der Waals surface area contributed by atoms with Gasteiger partial charge >= 0.3 is 0 Å². The molecule has 3 aliphatic rings. The molecule has 3 nitrogen and oxygen atoms in total. The third-order valence-electron chi connectivity index (χ3n) is 4.87. The van der Waals surface area contributed by atoms with Gasteiger partial charge in [0.15, 0.2) is 5.78 Å². The summed E-state index contributed by atoms with van der Waals surface area (Å²) in [7, 11) is 0. The van der Waals surface area contributed by atoms with Crippen molar-refractivity contribution in [1.29, 1.82) is 5.26 Å². The zero-order chi connectivity index (χ0) is 13.0. The van der Waals surface area contributed by atoms with Crippen molar-refractivity contribution in [3.63, 3.8) is 0 Å². The molecular formula is C15H15NO2. The molecule has 2 bridgehead atoms. The molecule has 0 aromatic heterocycles. The minimum Gasteiger partial charge on any atom is -0.299 e. The van der Waals surface area contributed by atoms with Crippen LogP contribution in [0.25, 0.3) is 0 Å². The first-order chi connectivity index (χ1) is 8.59. The van der Waals surface area contributed by atoms with Gasteiger partial charge in [-0.3, -0.25) is 9.59 Å². The first-order valence-electron chi connectivity index (χ1n) is 6.44. The zero-order valence-electron chi connectivity index (χ0n) is 10.4. The second-order valence-corrected chi connectivity index (χ2v) is 5.53. The molecule has 0 saturated heterocycles. The summed E-state index contributed by atoms with van der Waals surface area (Å²) in [6.07, 6.45) is 8.66. The fourth-order valence-corrected chi connectivity index (χ4v) is 4.03. The zero-order valence-corrected chi connectivity index (χ0v) is 10.4. The maximum atomic E-state index is 12.5. The number of hydrogen-bond donors (Lipinski definition) is 0. The summed E-state index contributed by atoms with van der Waals surface area (Å²) in [5.41, 5.74) is -0.958. The van der Waals surface area contributed by atoms with Crippen LogP contribution in [0.4, 0.5) is 0 Å². The molecule has 0 heterocycles. The van der Waals surface area contributed by atoms with Crippen molar-refractivity contribution in [1.82, 2.24) is 0 Å². The summed E-state index contributed by atoms with van der Waals surface area (Å²) in [5.74, 6) is -0.429. The Labute approximate surface area is 106 Å². The van der Waals surface area contributed by atoms with Gasteiger partial charge in [-0.05, 0) is 38.2 Å². The van der Waals surface area contributed by atoms with E-state index in [1.165, 1.54) is 0 Å². The topological polar surface area (TPSA) is 57.9 Å². The van der Waals surface area contributed by atoms with Gasteiger partial charge in [0.1, 0.15) is 11.2 Å². The molecule has 92 valence electrons. The summed E-state index contributed by atoms with van der Waals surface area (Å²) in [5, 5.41) is 9.52. The van der Waals surface area contributed by atoms with Crippen LogP contribution >= 0.6 is 0 Å². The van der Waals surface area contributed by atoms with Crippen molar-refractivity contribution < 1.29 is 9.59 Å². The van der Waals surface area contributed by atoms with Crippen molar-refractivity contribution in [2.75, 3.05) is 0 Å². The van der Waals surface area contributed by atoms with Gasteiger partial charge in [0, 0.05) is 0 Å². The molecule has 3 rings (SSSR count). The van der Waals surface area contributed by atoms with Gasteiger partial charge in [-0.1, -0.05) is 18.2 Å². The molecule has 18 heavy (non-hydrogen) atoms. The summed E-state index contributed by atoms with van der Waals surface area (Å²) in [6.45, 7) is 1.56. The monoisotopic (exact) mass is 241 g/mol. The van der Waals surface area contributed by atoms with Gasteiger partial charge < -0.3 is 0 Å². The number of Topliss-reactive ketones (excluding diaryl/α,β-unsaturated/α-hetero) is 2. The molecule has 0 aliphatic heterocycles. The maximum absolute atomic E-state index is 12.5. The molecular weight excluding hydrogens is 226 g/mol. The van der Waals surface area contributed by atoms with Crippen molar-refractivity contribution in [3.8, 4) is 6.07 Å². The second-order valence-electron chi connectivity index (χ2n) is 5.53. The van der Waals surface area contributed by atoms with Crippen LogP contribution in [0.1, 0.15) is 32.6 Å². The van der Waals surface area contributed by atoms with Crippen LogP contribution in [0, 0.1) is 28.1 Å². The predicted molar refractivity (Wildman–Crippen MR) is 65.3 cm³/mol. The van der Waals surface area contributed by atoms with Crippen LogP contribution in [-0.4, -0.2) is 11.6 Å². The number of rotatable bonds is 1. The summed E-state index contributed by atoms with van der Waals surface area (Å²) >= 11 is 0. The number of nitrogens with zero attached hydrogens (tertiary/aromatic N) is 1. The Morgan fingerprint density at radius 2 is 2.33 bits per heavy atom. The van der Waals surface area contributed by atoms with Gasteiger partial charge in [-0.15, -0.1) is 0 Å². The normalized spacial score (nSPS) is 41.0. The number of fused-ring (bicyclic) bond motifs is 5. The Bertz CT molecular complexity index is 551. The molecule has 0 spiro atoms. The molecule has 0 aromatic rings. The Kier molecular flexibility index (Phi) is 2.16. The van der Waals surface area contributed by atoms with Gasteiger partial charge in [-0.25, -0.2) is 0 Å². The van der Waals surface area contributed by atoms with E-state index in [-0.39, 0.29) is 11.6 Å². The van der Waals surface area contributed by atoms with Crippen LogP contribution in [0.15, 0.2) is 23.8 Å². The van der Waals surface area contributed by atoms with E-state index in [4.69, 9.17) is 0 Å². The largest absolute Gasteiger partial charge is 0.299 e. The van der Waals surface area contributed by atoms with Crippen LogP contribution in [-0.2, 0) is 9.59 Å². The number of hydrogen-bond acceptors (Lipinski definition) is 3. The molecule has 1 unspecified atom stereocenters. The molecule has 0 radical (unpaired) electrons. The van der Waals surface area contributed by atoms with Gasteiger partial charge in [0.05, 0.1) is 17.4 Å². The van der Waals surface area contributed by atoms with Crippen LogP contribution in [0.5, 0.6) is 0 Å². The molecule has 0 amide bonds.